The number of amides is 3. The van der Waals surface area contributed by atoms with Crippen LogP contribution in [-0.2, 0) is 6.54 Å². The zero-order valence-corrected chi connectivity index (χ0v) is 17.7. The van der Waals surface area contributed by atoms with Gasteiger partial charge in [-0.3, -0.25) is 4.79 Å². The molecule has 0 aromatic heterocycles. The Bertz CT molecular complexity index is 1100. The summed E-state index contributed by atoms with van der Waals surface area (Å²) < 4.78 is 5.17. The molecule has 7 heteroatoms. The monoisotopic (exact) mass is 431 g/mol. The molecule has 4 rings (SSSR count). The first kappa shape index (κ1) is 21.2. The van der Waals surface area contributed by atoms with Gasteiger partial charge in [-0.25, -0.2) is 4.79 Å². The number of ether oxygens (including phenoxy) is 1. The van der Waals surface area contributed by atoms with E-state index < -0.39 is 0 Å². The van der Waals surface area contributed by atoms with E-state index in [9.17, 15) is 14.7 Å². The predicted octanol–water partition coefficient (Wildman–Crippen LogP) is 4.85. The second-order valence-electron chi connectivity index (χ2n) is 7.69. The molecule has 0 aliphatic heterocycles. The fourth-order valence-electron chi connectivity index (χ4n) is 3.39. The Balaban J connectivity index is 1.40. The number of phenolic OH excluding ortho intramolecular Hbond substituents is 1. The van der Waals surface area contributed by atoms with Gasteiger partial charge >= 0.3 is 6.03 Å². The summed E-state index contributed by atoms with van der Waals surface area (Å²) >= 11 is 0. The zero-order valence-electron chi connectivity index (χ0n) is 17.7. The van der Waals surface area contributed by atoms with E-state index in [1.54, 1.807) is 47.4 Å². The van der Waals surface area contributed by atoms with Crippen LogP contribution in [0.25, 0.3) is 0 Å². The second-order valence-corrected chi connectivity index (χ2v) is 7.69. The minimum atomic E-state index is -0.213. The van der Waals surface area contributed by atoms with Crippen LogP contribution in [0.4, 0.5) is 16.2 Å². The van der Waals surface area contributed by atoms with Crippen LogP contribution in [0.3, 0.4) is 0 Å². The molecule has 164 valence electrons. The summed E-state index contributed by atoms with van der Waals surface area (Å²) in [7, 11) is 1.49. The van der Waals surface area contributed by atoms with E-state index in [2.05, 4.69) is 10.6 Å². The normalized spacial score (nSPS) is 12.7. The molecule has 7 nitrogen and oxygen atoms in total. The summed E-state index contributed by atoms with van der Waals surface area (Å²) in [5, 5.41) is 15.5. The smallest absolute Gasteiger partial charge is 0.322 e. The average Bonchev–Trinajstić information content (AvgIpc) is 3.64. The maximum absolute atomic E-state index is 12.9. The molecule has 1 fully saturated rings. The van der Waals surface area contributed by atoms with Crippen molar-refractivity contribution >= 4 is 23.3 Å². The van der Waals surface area contributed by atoms with Gasteiger partial charge in [-0.1, -0.05) is 24.3 Å². The van der Waals surface area contributed by atoms with Crippen LogP contribution in [0.2, 0.25) is 0 Å². The number of aromatic hydroxyl groups is 1. The van der Waals surface area contributed by atoms with Crippen LogP contribution in [0.5, 0.6) is 11.5 Å². The van der Waals surface area contributed by atoms with E-state index in [0.717, 1.165) is 24.1 Å². The summed E-state index contributed by atoms with van der Waals surface area (Å²) in [4.78, 5) is 27.1. The number of urea groups is 1. The molecular formula is C25H25N3O4. The lowest BCUT2D eigenvalue weighted by Crippen LogP contribution is -2.36. The molecule has 0 radical (unpaired) electrons. The third kappa shape index (κ3) is 5.18. The van der Waals surface area contributed by atoms with Gasteiger partial charge in [0.05, 0.1) is 7.11 Å². The van der Waals surface area contributed by atoms with Crippen molar-refractivity contribution < 1.29 is 19.4 Å². The molecule has 0 bridgehead atoms. The van der Waals surface area contributed by atoms with Gasteiger partial charge < -0.3 is 25.4 Å². The number of methoxy groups -OCH3 is 1. The van der Waals surface area contributed by atoms with Crippen LogP contribution in [-0.4, -0.2) is 35.1 Å². The van der Waals surface area contributed by atoms with Crippen molar-refractivity contribution in [2.24, 2.45) is 0 Å². The number of rotatable bonds is 7. The van der Waals surface area contributed by atoms with Gasteiger partial charge in [-0.2, -0.15) is 0 Å². The highest BCUT2D eigenvalue weighted by molar-refractivity contribution is 6.04. The molecule has 3 aromatic rings. The molecule has 1 aliphatic rings. The topological polar surface area (TPSA) is 90.9 Å². The van der Waals surface area contributed by atoms with Gasteiger partial charge in [0, 0.05) is 29.5 Å². The number of hydrogen-bond acceptors (Lipinski definition) is 4. The SMILES string of the molecule is COc1cc(CN(C(=O)Nc2ccc(C(=O)Nc3ccccc3)cc2)C2CC2)ccc1O. The summed E-state index contributed by atoms with van der Waals surface area (Å²) in [5.74, 6) is 0.230. The molecule has 0 spiro atoms. The molecule has 1 saturated carbocycles. The lowest BCUT2D eigenvalue weighted by atomic mass is 10.1. The van der Waals surface area contributed by atoms with E-state index in [1.165, 1.54) is 7.11 Å². The lowest BCUT2D eigenvalue weighted by Gasteiger charge is -2.23. The second kappa shape index (κ2) is 9.43. The van der Waals surface area contributed by atoms with Gasteiger partial charge in [0.2, 0.25) is 0 Å². The van der Waals surface area contributed by atoms with Crippen molar-refractivity contribution in [3.63, 3.8) is 0 Å². The van der Waals surface area contributed by atoms with Gasteiger partial charge in [0.25, 0.3) is 5.91 Å². The highest BCUT2D eigenvalue weighted by atomic mass is 16.5. The van der Waals surface area contributed by atoms with Crippen LogP contribution < -0.4 is 15.4 Å². The molecule has 3 aromatic carbocycles. The molecule has 0 unspecified atom stereocenters. The number of carbonyl (C=O) groups is 2. The molecule has 1 aliphatic carbocycles. The Kier molecular flexibility index (Phi) is 6.26. The number of phenols is 1. The zero-order chi connectivity index (χ0) is 22.5. The summed E-state index contributed by atoms with van der Waals surface area (Å²) in [6, 6.07) is 21.1. The highest BCUT2D eigenvalue weighted by Gasteiger charge is 2.32. The van der Waals surface area contributed by atoms with Gasteiger partial charge in [-0.15, -0.1) is 0 Å². The van der Waals surface area contributed by atoms with E-state index in [1.807, 2.05) is 30.3 Å². The number of anilines is 2. The Morgan fingerprint density at radius 1 is 0.969 bits per heavy atom. The molecule has 3 N–H and O–H groups in total. The first-order valence-electron chi connectivity index (χ1n) is 10.4. The van der Waals surface area contributed by atoms with Crippen LogP contribution in [0.15, 0.2) is 72.8 Å². The standard InChI is InChI=1S/C25H25N3O4/c1-32-23-15-17(7-14-22(23)29)16-28(21-12-13-21)25(31)27-20-10-8-18(9-11-20)24(30)26-19-5-3-2-4-6-19/h2-11,14-15,21,29H,12-13,16H2,1H3,(H,26,30)(H,27,31). The Morgan fingerprint density at radius 3 is 2.31 bits per heavy atom. The number of nitrogens with zero attached hydrogens (tertiary/aromatic N) is 1. The maximum Gasteiger partial charge on any atom is 0.322 e. The lowest BCUT2D eigenvalue weighted by molar-refractivity contribution is 0.102. The van der Waals surface area contributed by atoms with E-state index in [-0.39, 0.29) is 23.7 Å². The van der Waals surface area contributed by atoms with Gasteiger partial charge in [-0.05, 0) is 66.9 Å². The minimum absolute atomic E-state index is 0.0649. The first-order valence-corrected chi connectivity index (χ1v) is 10.4. The number of benzene rings is 3. The fraction of sp³-hybridized carbons (Fsp3) is 0.200. The third-order valence-corrected chi connectivity index (χ3v) is 5.28. The van der Waals surface area contributed by atoms with Gasteiger partial charge in [0.1, 0.15) is 0 Å². The van der Waals surface area contributed by atoms with Gasteiger partial charge in [0.15, 0.2) is 11.5 Å². The summed E-state index contributed by atoms with van der Waals surface area (Å²) in [6.45, 7) is 0.407. The Labute approximate surface area is 186 Å². The molecule has 0 heterocycles. The van der Waals surface area contributed by atoms with Crippen molar-refractivity contribution in [1.82, 2.24) is 4.90 Å². The maximum atomic E-state index is 12.9. The highest BCUT2D eigenvalue weighted by Crippen LogP contribution is 2.31. The minimum Gasteiger partial charge on any atom is -0.504 e. The van der Waals surface area contributed by atoms with Crippen molar-refractivity contribution in [2.45, 2.75) is 25.4 Å². The Hall–Kier alpha value is -4.00. The van der Waals surface area contributed by atoms with Crippen molar-refractivity contribution in [3.8, 4) is 11.5 Å². The third-order valence-electron chi connectivity index (χ3n) is 5.28. The summed E-state index contributed by atoms with van der Waals surface area (Å²) in [5.41, 5.74) is 2.71. The quantitative estimate of drug-likeness (QED) is 0.499. The van der Waals surface area contributed by atoms with E-state index in [4.69, 9.17) is 4.74 Å². The number of para-hydroxylation sites is 1. The van der Waals surface area contributed by atoms with E-state index in [0.29, 0.717) is 23.5 Å². The summed E-state index contributed by atoms with van der Waals surface area (Å²) in [6.07, 6.45) is 1.92. The average molecular weight is 431 g/mol. The molecule has 32 heavy (non-hydrogen) atoms. The van der Waals surface area contributed by atoms with Crippen LogP contribution >= 0.6 is 0 Å². The Morgan fingerprint density at radius 2 is 1.66 bits per heavy atom. The number of carbonyl (C=O) groups excluding carboxylic acids is 2. The van der Waals surface area contributed by atoms with Crippen molar-refractivity contribution in [1.29, 1.82) is 0 Å². The molecule has 0 saturated heterocycles. The van der Waals surface area contributed by atoms with E-state index >= 15 is 0 Å². The first-order chi connectivity index (χ1) is 15.5. The van der Waals surface area contributed by atoms with Crippen LogP contribution in [0, 0.1) is 0 Å². The number of nitrogens with one attached hydrogen (secondary N) is 2. The molecule has 0 atom stereocenters. The van der Waals surface area contributed by atoms with Crippen molar-refractivity contribution in [3.05, 3.63) is 83.9 Å². The predicted molar refractivity (Wildman–Crippen MR) is 123 cm³/mol. The number of hydrogen-bond donors (Lipinski definition) is 3. The molecular weight excluding hydrogens is 406 g/mol. The largest absolute Gasteiger partial charge is 0.504 e. The van der Waals surface area contributed by atoms with Crippen LogP contribution in [0.1, 0.15) is 28.8 Å². The van der Waals surface area contributed by atoms with Crippen molar-refractivity contribution in [2.75, 3.05) is 17.7 Å². The molecule has 3 amide bonds. The fourth-order valence-corrected chi connectivity index (χ4v) is 3.39.